The lowest BCUT2D eigenvalue weighted by Gasteiger charge is -2.14. The van der Waals surface area contributed by atoms with E-state index in [-0.39, 0.29) is 0 Å². The zero-order valence-electron chi connectivity index (χ0n) is 17.1. The molecule has 4 N–H and O–H groups in total. The predicted octanol–water partition coefficient (Wildman–Crippen LogP) is 8.64. The highest BCUT2D eigenvalue weighted by atomic mass is 35.5. The quantitative estimate of drug-likeness (QED) is 0.250. The number of hydrogen-bond donors (Lipinski definition) is 2. The molecule has 4 nitrogen and oxygen atoms in total. The average Bonchev–Trinajstić information content (AvgIpc) is 2.76. The van der Waals surface area contributed by atoms with E-state index in [4.69, 9.17) is 67.3 Å². The SMILES string of the molecule is Nc1ccc(Oc2c(Cl)cc(Cc3cc(Cl)c(Oc4ccc(N)cc4)c(Cl)c3)cc2Cl)cc1. The van der Waals surface area contributed by atoms with E-state index < -0.39 is 0 Å². The molecule has 4 rings (SSSR count). The molecule has 0 spiro atoms. The topological polar surface area (TPSA) is 70.5 Å². The van der Waals surface area contributed by atoms with Crippen LogP contribution in [0.1, 0.15) is 11.1 Å². The summed E-state index contributed by atoms with van der Waals surface area (Å²) >= 11 is 25.8. The van der Waals surface area contributed by atoms with E-state index in [1.54, 1.807) is 72.8 Å². The predicted molar refractivity (Wildman–Crippen MR) is 138 cm³/mol. The van der Waals surface area contributed by atoms with Gasteiger partial charge in [-0.15, -0.1) is 0 Å². The van der Waals surface area contributed by atoms with Crippen molar-refractivity contribution in [3.63, 3.8) is 0 Å². The van der Waals surface area contributed by atoms with Crippen LogP contribution < -0.4 is 20.9 Å². The van der Waals surface area contributed by atoms with Crippen molar-refractivity contribution >= 4 is 57.8 Å². The molecule has 0 aromatic heterocycles. The van der Waals surface area contributed by atoms with Crippen LogP contribution in [-0.4, -0.2) is 0 Å². The maximum absolute atomic E-state index is 6.46. The molecule has 0 aliphatic heterocycles. The molecule has 0 radical (unpaired) electrons. The monoisotopic (exact) mass is 518 g/mol. The Labute approximate surface area is 211 Å². The first-order chi connectivity index (χ1) is 15.8. The third-order valence-electron chi connectivity index (χ3n) is 4.72. The van der Waals surface area contributed by atoms with E-state index in [2.05, 4.69) is 0 Å². The van der Waals surface area contributed by atoms with Crippen molar-refractivity contribution in [2.45, 2.75) is 6.42 Å². The van der Waals surface area contributed by atoms with Crippen molar-refractivity contribution in [1.29, 1.82) is 0 Å². The van der Waals surface area contributed by atoms with Gasteiger partial charge in [0.05, 0.1) is 20.1 Å². The Bertz CT molecular complexity index is 1150. The van der Waals surface area contributed by atoms with Gasteiger partial charge in [-0.2, -0.15) is 0 Å². The van der Waals surface area contributed by atoms with Crippen LogP contribution in [0.3, 0.4) is 0 Å². The highest BCUT2D eigenvalue weighted by Crippen LogP contribution is 2.40. The van der Waals surface area contributed by atoms with Crippen molar-refractivity contribution in [3.05, 3.63) is 104 Å². The molecule has 0 unspecified atom stereocenters. The second-order valence-electron chi connectivity index (χ2n) is 7.30. The molecule has 4 aromatic rings. The van der Waals surface area contributed by atoms with Crippen LogP contribution in [0.4, 0.5) is 11.4 Å². The Morgan fingerprint density at radius 1 is 0.515 bits per heavy atom. The van der Waals surface area contributed by atoms with Crippen molar-refractivity contribution < 1.29 is 9.47 Å². The molecule has 0 aliphatic carbocycles. The van der Waals surface area contributed by atoms with E-state index >= 15 is 0 Å². The molecule has 0 bridgehead atoms. The minimum absolute atomic E-state index is 0.371. The van der Waals surface area contributed by atoms with Gasteiger partial charge in [0.1, 0.15) is 11.5 Å². The summed E-state index contributed by atoms with van der Waals surface area (Å²) < 4.78 is 11.7. The van der Waals surface area contributed by atoms with Crippen LogP contribution in [0, 0.1) is 0 Å². The van der Waals surface area contributed by atoms with Gasteiger partial charge >= 0.3 is 0 Å². The molecule has 0 atom stereocenters. The number of nitrogen functional groups attached to an aromatic ring is 2. The van der Waals surface area contributed by atoms with Gasteiger partial charge in [0, 0.05) is 11.4 Å². The van der Waals surface area contributed by atoms with Gasteiger partial charge in [0.2, 0.25) is 0 Å². The van der Waals surface area contributed by atoms with E-state index in [9.17, 15) is 0 Å². The number of hydrogen-bond acceptors (Lipinski definition) is 4. The lowest BCUT2D eigenvalue weighted by Crippen LogP contribution is -1.94. The lowest BCUT2D eigenvalue weighted by molar-refractivity contribution is 0.483. The van der Waals surface area contributed by atoms with Crippen molar-refractivity contribution in [2.75, 3.05) is 11.5 Å². The smallest absolute Gasteiger partial charge is 0.164 e. The fourth-order valence-corrected chi connectivity index (χ4v) is 4.39. The molecule has 0 aliphatic rings. The summed E-state index contributed by atoms with van der Waals surface area (Å²) in [5, 5.41) is 1.54. The molecule has 0 saturated carbocycles. The summed E-state index contributed by atoms with van der Waals surface area (Å²) in [7, 11) is 0. The molecule has 168 valence electrons. The maximum atomic E-state index is 6.46. The van der Waals surface area contributed by atoms with Crippen LogP contribution in [0.15, 0.2) is 72.8 Å². The Kier molecular flexibility index (Phi) is 7.11. The second-order valence-corrected chi connectivity index (χ2v) is 8.92. The summed E-state index contributed by atoms with van der Waals surface area (Å²) in [6.07, 6.45) is 0.503. The van der Waals surface area contributed by atoms with Gasteiger partial charge in [-0.3, -0.25) is 0 Å². The molecular weight excluding hydrogens is 502 g/mol. The normalized spacial score (nSPS) is 10.8. The summed E-state index contributed by atoms with van der Waals surface area (Å²) in [6.45, 7) is 0. The van der Waals surface area contributed by atoms with Crippen LogP contribution in [0.25, 0.3) is 0 Å². The van der Waals surface area contributed by atoms with Gasteiger partial charge in [-0.1, -0.05) is 46.4 Å². The first kappa shape index (κ1) is 23.4. The summed E-state index contributed by atoms with van der Waals surface area (Å²) in [4.78, 5) is 0. The van der Waals surface area contributed by atoms with Gasteiger partial charge in [-0.25, -0.2) is 0 Å². The Morgan fingerprint density at radius 3 is 1.12 bits per heavy atom. The Morgan fingerprint density at radius 2 is 0.818 bits per heavy atom. The number of rotatable bonds is 6. The largest absolute Gasteiger partial charge is 0.454 e. The van der Waals surface area contributed by atoms with Crippen molar-refractivity contribution in [1.82, 2.24) is 0 Å². The molecule has 0 amide bonds. The molecule has 0 fully saturated rings. The molecule has 8 heteroatoms. The molecule has 0 saturated heterocycles. The first-order valence-corrected chi connectivity index (χ1v) is 11.3. The lowest BCUT2D eigenvalue weighted by atomic mass is 10.0. The molecule has 4 aromatic carbocycles. The number of anilines is 2. The first-order valence-electron chi connectivity index (χ1n) is 9.81. The van der Waals surface area contributed by atoms with Crippen molar-refractivity contribution in [3.8, 4) is 23.0 Å². The van der Waals surface area contributed by atoms with Gasteiger partial charge < -0.3 is 20.9 Å². The second kappa shape index (κ2) is 10.0. The van der Waals surface area contributed by atoms with Crippen LogP contribution >= 0.6 is 46.4 Å². The van der Waals surface area contributed by atoms with Gasteiger partial charge in [0.25, 0.3) is 0 Å². The van der Waals surface area contributed by atoms with Crippen molar-refractivity contribution in [2.24, 2.45) is 0 Å². The molecule has 0 heterocycles. The minimum atomic E-state index is 0.371. The van der Waals surface area contributed by atoms with E-state index in [0.29, 0.717) is 60.9 Å². The summed E-state index contributed by atoms with van der Waals surface area (Å²) in [6, 6.07) is 21.1. The number of halogens is 4. The van der Waals surface area contributed by atoms with Crippen LogP contribution in [-0.2, 0) is 6.42 Å². The minimum Gasteiger partial charge on any atom is -0.454 e. The Balaban J connectivity index is 1.53. The summed E-state index contributed by atoms with van der Waals surface area (Å²) in [5.41, 5.74) is 14.4. The number of ether oxygens (including phenoxy) is 2. The number of nitrogens with two attached hydrogens (primary N) is 2. The highest BCUT2D eigenvalue weighted by molar-refractivity contribution is 6.38. The molecular formula is C25H18Cl4N2O2. The summed E-state index contributed by atoms with van der Waals surface area (Å²) in [5.74, 6) is 1.90. The van der Waals surface area contributed by atoms with Crippen LogP contribution in [0.2, 0.25) is 20.1 Å². The zero-order valence-corrected chi connectivity index (χ0v) is 20.1. The number of benzene rings is 4. The average molecular weight is 520 g/mol. The maximum Gasteiger partial charge on any atom is 0.164 e. The van der Waals surface area contributed by atoms with Gasteiger partial charge in [-0.05, 0) is 90.3 Å². The standard InChI is InChI=1S/C25H18Cl4N2O2/c26-20-10-14(11-21(27)24(20)32-18-5-1-16(30)2-6-18)9-15-12-22(28)25(23(29)13-15)33-19-7-3-17(31)4-8-19/h1-8,10-13H,9,30-31H2. The van der Waals surface area contributed by atoms with Gasteiger partial charge in [0.15, 0.2) is 11.5 Å². The molecule has 33 heavy (non-hydrogen) atoms. The fourth-order valence-electron chi connectivity index (χ4n) is 3.17. The van der Waals surface area contributed by atoms with E-state index in [1.807, 2.05) is 0 Å². The Hall–Kier alpha value is -2.76. The third kappa shape index (κ3) is 5.79. The highest BCUT2D eigenvalue weighted by Gasteiger charge is 2.15. The zero-order chi connectivity index (χ0) is 23.5. The van der Waals surface area contributed by atoms with E-state index in [1.165, 1.54) is 0 Å². The van der Waals surface area contributed by atoms with E-state index in [0.717, 1.165) is 11.1 Å². The van der Waals surface area contributed by atoms with Crippen LogP contribution in [0.5, 0.6) is 23.0 Å². The fraction of sp³-hybridized carbons (Fsp3) is 0.0400. The third-order valence-corrected chi connectivity index (χ3v) is 5.85.